The van der Waals surface area contributed by atoms with E-state index in [2.05, 4.69) is 34.6 Å². The number of hydrogen-bond donors (Lipinski definition) is 1. The van der Waals surface area contributed by atoms with Crippen molar-refractivity contribution in [2.45, 2.75) is 18.3 Å². The van der Waals surface area contributed by atoms with Gasteiger partial charge in [-0.3, -0.25) is 0 Å². The number of thioether (sulfide) groups is 1. The minimum atomic E-state index is -0.683. The zero-order chi connectivity index (χ0) is 16.1. The molecule has 2 unspecified atom stereocenters. The van der Waals surface area contributed by atoms with Crippen LogP contribution in [0.3, 0.4) is 0 Å². The summed E-state index contributed by atoms with van der Waals surface area (Å²) in [7, 11) is 0. The summed E-state index contributed by atoms with van der Waals surface area (Å²) in [4.78, 5) is 0. The molecule has 120 valence electrons. The minimum absolute atomic E-state index is 0.166. The zero-order valence-electron chi connectivity index (χ0n) is 12.8. The van der Waals surface area contributed by atoms with Gasteiger partial charge in [0.1, 0.15) is 10.1 Å². The van der Waals surface area contributed by atoms with E-state index in [1.54, 1.807) is 11.8 Å². The first kappa shape index (κ1) is 14.3. The van der Waals surface area contributed by atoms with Crippen molar-refractivity contribution >= 4 is 34.0 Å². The van der Waals surface area contributed by atoms with Crippen molar-refractivity contribution in [1.29, 1.82) is 0 Å². The second kappa shape index (κ2) is 5.22. The van der Waals surface area contributed by atoms with E-state index in [0.717, 1.165) is 33.5 Å². The van der Waals surface area contributed by atoms with Crippen molar-refractivity contribution in [1.82, 2.24) is 10.3 Å². The van der Waals surface area contributed by atoms with Crippen molar-refractivity contribution in [3.63, 3.8) is 0 Å². The summed E-state index contributed by atoms with van der Waals surface area (Å²) in [6, 6.07) is 18.7. The molecule has 5 rings (SSSR count). The highest BCUT2D eigenvalue weighted by atomic mass is 32.2. The normalized spacial score (nSPS) is 27.3. The third-order valence-electron chi connectivity index (χ3n) is 4.64. The lowest BCUT2D eigenvalue weighted by Crippen LogP contribution is -2.62. The second-order valence-electron chi connectivity index (χ2n) is 6.10. The van der Waals surface area contributed by atoms with Gasteiger partial charge in [0.25, 0.3) is 5.85 Å². The molecule has 1 N–H and O–H groups in total. The van der Waals surface area contributed by atoms with Crippen molar-refractivity contribution in [3.8, 4) is 5.75 Å². The maximum atomic E-state index is 6.35. The maximum absolute atomic E-state index is 6.35. The molecule has 3 heterocycles. The summed E-state index contributed by atoms with van der Waals surface area (Å²) in [5.41, 5.74) is 3.43. The predicted octanol–water partition coefficient (Wildman–Crippen LogP) is 3.51. The molecule has 2 atom stereocenters. The summed E-state index contributed by atoms with van der Waals surface area (Å²) < 4.78 is 7.11. The third kappa shape index (κ3) is 2.06. The van der Waals surface area contributed by atoms with Crippen LogP contribution in [0.5, 0.6) is 5.75 Å². The van der Waals surface area contributed by atoms with Gasteiger partial charge in [0.05, 0.1) is 17.5 Å². The van der Waals surface area contributed by atoms with Crippen molar-refractivity contribution < 1.29 is 4.74 Å². The van der Waals surface area contributed by atoms with E-state index < -0.39 is 5.85 Å². The van der Waals surface area contributed by atoms with Gasteiger partial charge in [-0.15, -0.1) is 0 Å². The Kier molecular flexibility index (Phi) is 3.11. The number of nitrogens with one attached hydrogen (secondary N) is 1. The molecule has 3 aliphatic rings. The lowest BCUT2D eigenvalue weighted by molar-refractivity contribution is -0.109. The van der Waals surface area contributed by atoms with Crippen LogP contribution in [-0.2, 0) is 0 Å². The fourth-order valence-corrected chi connectivity index (χ4v) is 4.70. The van der Waals surface area contributed by atoms with Crippen molar-refractivity contribution in [2.75, 3.05) is 5.75 Å². The van der Waals surface area contributed by atoms with Gasteiger partial charge in [0, 0.05) is 12.0 Å². The first-order chi connectivity index (χ1) is 11.8. The lowest BCUT2D eigenvalue weighted by Gasteiger charge is -2.44. The molecular formula is C18H15N3OS2. The van der Waals surface area contributed by atoms with E-state index in [1.807, 2.05) is 30.3 Å². The molecule has 0 aliphatic carbocycles. The number of hydrazone groups is 1. The molecule has 6 heteroatoms. The number of hydrogen-bond acceptors (Lipinski definition) is 5. The number of thiocarbonyl (C=S) groups is 1. The summed E-state index contributed by atoms with van der Waals surface area (Å²) >= 11 is 6.96. The van der Waals surface area contributed by atoms with Crippen LogP contribution in [0, 0.1) is 0 Å². The van der Waals surface area contributed by atoms with Gasteiger partial charge in [-0.05, 0) is 11.6 Å². The van der Waals surface area contributed by atoms with Crippen LogP contribution >= 0.6 is 24.0 Å². The number of benzene rings is 2. The van der Waals surface area contributed by atoms with Gasteiger partial charge in [-0.1, -0.05) is 72.5 Å². The van der Waals surface area contributed by atoms with Gasteiger partial charge in [0.15, 0.2) is 0 Å². The Morgan fingerprint density at radius 2 is 1.96 bits per heavy atom. The Balaban J connectivity index is 1.62. The standard InChI is InChI=1S/C18H15N3OS2/c23-17-19-18(11-24-17)21-15(13-8-4-5-9-16(13)22-18)10-14(20-21)12-6-2-1-3-7-12/h1-9,15H,10-11H2,(H,19,23). The summed E-state index contributed by atoms with van der Waals surface area (Å²) in [5, 5.41) is 10.4. The van der Waals surface area contributed by atoms with E-state index in [1.165, 1.54) is 5.56 Å². The monoisotopic (exact) mass is 353 g/mol. The van der Waals surface area contributed by atoms with E-state index in [0.29, 0.717) is 0 Å². The van der Waals surface area contributed by atoms with Crippen LogP contribution in [0.25, 0.3) is 0 Å². The SMILES string of the molecule is S=C1NC2(CS1)Oc1ccccc1C1CC(c3ccccc3)=NN12. The van der Waals surface area contributed by atoms with Crippen LogP contribution in [0.15, 0.2) is 59.7 Å². The molecule has 1 fully saturated rings. The van der Waals surface area contributed by atoms with Gasteiger partial charge < -0.3 is 10.1 Å². The van der Waals surface area contributed by atoms with Gasteiger partial charge in [-0.25, -0.2) is 5.01 Å². The van der Waals surface area contributed by atoms with Crippen molar-refractivity contribution in [2.24, 2.45) is 5.10 Å². The lowest BCUT2D eigenvalue weighted by atomic mass is 9.96. The fraction of sp³-hybridized carbons (Fsp3) is 0.222. The smallest absolute Gasteiger partial charge is 0.287 e. The molecule has 0 bridgehead atoms. The van der Waals surface area contributed by atoms with Crippen molar-refractivity contribution in [3.05, 3.63) is 65.7 Å². The Morgan fingerprint density at radius 1 is 1.17 bits per heavy atom. The molecule has 24 heavy (non-hydrogen) atoms. The van der Waals surface area contributed by atoms with E-state index in [-0.39, 0.29) is 6.04 Å². The van der Waals surface area contributed by atoms with E-state index in [4.69, 9.17) is 22.1 Å². The highest BCUT2D eigenvalue weighted by molar-refractivity contribution is 8.23. The van der Waals surface area contributed by atoms with E-state index in [9.17, 15) is 0 Å². The molecular weight excluding hydrogens is 338 g/mol. The highest BCUT2D eigenvalue weighted by Gasteiger charge is 2.53. The first-order valence-electron chi connectivity index (χ1n) is 7.90. The third-order valence-corrected chi connectivity index (χ3v) is 6.00. The number of rotatable bonds is 1. The Bertz CT molecular complexity index is 854. The topological polar surface area (TPSA) is 36.9 Å². The molecule has 0 saturated carbocycles. The minimum Gasteiger partial charge on any atom is -0.447 e. The molecule has 4 nitrogen and oxygen atoms in total. The second-order valence-corrected chi connectivity index (χ2v) is 7.75. The number of nitrogens with zero attached hydrogens (tertiary/aromatic N) is 2. The molecule has 0 aromatic heterocycles. The Morgan fingerprint density at radius 3 is 2.75 bits per heavy atom. The quantitative estimate of drug-likeness (QED) is 0.794. The van der Waals surface area contributed by atoms with Crippen LogP contribution in [0.1, 0.15) is 23.6 Å². The summed E-state index contributed by atoms with van der Waals surface area (Å²) in [6.45, 7) is 0. The Labute approximate surface area is 149 Å². The molecule has 3 aliphatic heterocycles. The molecule has 2 aromatic carbocycles. The van der Waals surface area contributed by atoms with Gasteiger partial charge in [-0.2, -0.15) is 5.10 Å². The molecule has 1 saturated heterocycles. The zero-order valence-corrected chi connectivity index (χ0v) is 14.4. The number of fused-ring (bicyclic) bond motifs is 4. The summed E-state index contributed by atoms with van der Waals surface area (Å²) in [5.74, 6) is 0.959. The number of para-hydroxylation sites is 1. The Hall–Kier alpha value is -2.05. The highest BCUT2D eigenvalue weighted by Crippen LogP contribution is 2.48. The molecule has 0 radical (unpaired) electrons. The number of ether oxygens (including phenoxy) is 1. The average Bonchev–Trinajstić information content (AvgIpc) is 3.22. The molecule has 1 spiro atoms. The molecule has 2 aromatic rings. The van der Waals surface area contributed by atoms with E-state index >= 15 is 0 Å². The maximum Gasteiger partial charge on any atom is 0.287 e. The molecule has 0 amide bonds. The predicted molar refractivity (Wildman–Crippen MR) is 100 cm³/mol. The fourth-order valence-electron chi connectivity index (χ4n) is 3.54. The van der Waals surface area contributed by atoms with Crippen LogP contribution in [0.4, 0.5) is 0 Å². The average molecular weight is 353 g/mol. The van der Waals surface area contributed by atoms with Gasteiger partial charge >= 0.3 is 0 Å². The van der Waals surface area contributed by atoms with Gasteiger partial charge in [0.2, 0.25) is 0 Å². The first-order valence-corrected chi connectivity index (χ1v) is 9.30. The largest absolute Gasteiger partial charge is 0.447 e. The van der Waals surface area contributed by atoms with Crippen LogP contribution in [0.2, 0.25) is 0 Å². The van der Waals surface area contributed by atoms with Crippen LogP contribution in [-0.4, -0.2) is 26.6 Å². The van der Waals surface area contributed by atoms with Crippen LogP contribution < -0.4 is 10.1 Å². The summed E-state index contributed by atoms with van der Waals surface area (Å²) in [6.07, 6.45) is 0.866.